The first-order chi connectivity index (χ1) is 16.5. The molecule has 4 rings (SSSR count). The number of hydrogen-bond acceptors (Lipinski definition) is 6. The van der Waals surface area contributed by atoms with Crippen LogP contribution in [0.15, 0.2) is 42.5 Å². The fourth-order valence-corrected chi connectivity index (χ4v) is 4.70. The molecule has 2 fully saturated rings. The summed E-state index contributed by atoms with van der Waals surface area (Å²) < 4.78 is 11.0. The highest BCUT2D eigenvalue weighted by atomic mass is 16.5. The van der Waals surface area contributed by atoms with E-state index in [1.807, 2.05) is 29.2 Å². The molecule has 0 spiro atoms. The van der Waals surface area contributed by atoms with E-state index in [0.29, 0.717) is 13.2 Å². The van der Waals surface area contributed by atoms with Gasteiger partial charge in [-0.2, -0.15) is 0 Å². The molecule has 0 bridgehead atoms. The number of amides is 1. The molecule has 2 saturated heterocycles. The van der Waals surface area contributed by atoms with Crippen molar-refractivity contribution < 1.29 is 14.3 Å². The van der Waals surface area contributed by atoms with E-state index >= 15 is 0 Å². The zero-order chi connectivity index (χ0) is 23.9. The van der Waals surface area contributed by atoms with Crippen LogP contribution in [0.25, 0.3) is 0 Å². The molecular weight excluding hydrogens is 428 g/mol. The van der Waals surface area contributed by atoms with Crippen LogP contribution >= 0.6 is 0 Å². The van der Waals surface area contributed by atoms with Crippen molar-refractivity contribution in [2.24, 2.45) is 0 Å². The Morgan fingerprint density at radius 2 is 1.47 bits per heavy atom. The standard InChI is InChI=1S/C27H38N4O3/c1-22-5-4-6-26(23(22)2)30-15-17-31(18-16-30)27(32)21-29-13-11-28(12-14-29)19-20-34-25-9-7-24(33-3)8-10-25/h4-10H,11-21H2,1-3H3. The third kappa shape index (κ3) is 6.21. The van der Waals surface area contributed by atoms with E-state index in [0.717, 1.165) is 70.4 Å². The van der Waals surface area contributed by atoms with E-state index in [-0.39, 0.29) is 5.91 Å². The van der Waals surface area contributed by atoms with Gasteiger partial charge >= 0.3 is 0 Å². The highest BCUT2D eigenvalue weighted by Crippen LogP contribution is 2.24. The number of piperazine rings is 2. The SMILES string of the molecule is COc1ccc(OCCN2CCN(CC(=O)N3CCN(c4cccc(C)c4C)CC3)CC2)cc1. The largest absolute Gasteiger partial charge is 0.497 e. The third-order valence-corrected chi connectivity index (χ3v) is 7.11. The van der Waals surface area contributed by atoms with Gasteiger partial charge in [-0.3, -0.25) is 14.6 Å². The molecule has 1 amide bonds. The molecule has 0 unspecified atom stereocenters. The maximum atomic E-state index is 12.9. The summed E-state index contributed by atoms with van der Waals surface area (Å²) in [6.45, 7) is 13.6. The normalized spacial score (nSPS) is 17.6. The van der Waals surface area contributed by atoms with Gasteiger partial charge < -0.3 is 19.3 Å². The highest BCUT2D eigenvalue weighted by Gasteiger charge is 2.25. The van der Waals surface area contributed by atoms with Gasteiger partial charge in [0.05, 0.1) is 13.7 Å². The number of anilines is 1. The molecule has 2 aliphatic rings. The molecule has 7 heteroatoms. The van der Waals surface area contributed by atoms with Crippen LogP contribution in [0, 0.1) is 13.8 Å². The predicted molar refractivity (Wildman–Crippen MR) is 136 cm³/mol. The average molecular weight is 467 g/mol. The van der Waals surface area contributed by atoms with E-state index in [1.54, 1.807) is 7.11 Å². The van der Waals surface area contributed by atoms with Crippen molar-refractivity contribution in [2.45, 2.75) is 13.8 Å². The molecule has 0 atom stereocenters. The van der Waals surface area contributed by atoms with Gasteiger partial charge in [0.25, 0.3) is 0 Å². The molecule has 0 aromatic heterocycles. The van der Waals surface area contributed by atoms with Crippen molar-refractivity contribution in [1.29, 1.82) is 0 Å². The van der Waals surface area contributed by atoms with Crippen molar-refractivity contribution in [2.75, 3.05) is 84.1 Å². The van der Waals surface area contributed by atoms with Gasteiger partial charge in [-0.15, -0.1) is 0 Å². The molecule has 2 aliphatic heterocycles. The summed E-state index contributed by atoms with van der Waals surface area (Å²) in [4.78, 5) is 22.1. The second kappa shape index (κ2) is 11.6. The molecular formula is C27H38N4O3. The van der Waals surface area contributed by atoms with Crippen molar-refractivity contribution >= 4 is 11.6 Å². The Morgan fingerprint density at radius 1 is 0.824 bits per heavy atom. The highest BCUT2D eigenvalue weighted by molar-refractivity contribution is 5.78. The van der Waals surface area contributed by atoms with E-state index < -0.39 is 0 Å². The number of rotatable bonds is 8. The van der Waals surface area contributed by atoms with Crippen molar-refractivity contribution in [3.05, 3.63) is 53.6 Å². The number of nitrogens with zero attached hydrogens (tertiary/aromatic N) is 4. The summed E-state index contributed by atoms with van der Waals surface area (Å²) in [5.74, 6) is 1.96. The van der Waals surface area contributed by atoms with Gasteiger partial charge in [-0.1, -0.05) is 12.1 Å². The van der Waals surface area contributed by atoms with E-state index in [1.165, 1.54) is 16.8 Å². The minimum absolute atomic E-state index is 0.261. The Labute approximate surface area is 203 Å². The second-order valence-corrected chi connectivity index (χ2v) is 9.23. The summed E-state index contributed by atoms with van der Waals surface area (Å²) in [7, 11) is 1.66. The Balaban J connectivity index is 1.14. The quantitative estimate of drug-likeness (QED) is 0.596. The van der Waals surface area contributed by atoms with Gasteiger partial charge in [0.1, 0.15) is 18.1 Å². The lowest BCUT2D eigenvalue weighted by Crippen LogP contribution is -2.54. The maximum Gasteiger partial charge on any atom is 0.236 e. The maximum absolute atomic E-state index is 12.9. The summed E-state index contributed by atoms with van der Waals surface area (Å²) in [5, 5.41) is 0. The smallest absolute Gasteiger partial charge is 0.236 e. The van der Waals surface area contributed by atoms with E-state index in [4.69, 9.17) is 9.47 Å². The van der Waals surface area contributed by atoms with Crippen LogP contribution < -0.4 is 14.4 Å². The Morgan fingerprint density at radius 3 is 2.15 bits per heavy atom. The zero-order valence-corrected chi connectivity index (χ0v) is 20.8. The Kier molecular flexibility index (Phi) is 8.29. The van der Waals surface area contributed by atoms with E-state index in [9.17, 15) is 4.79 Å². The Bertz CT molecular complexity index is 933. The first-order valence-corrected chi connectivity index (χ1v) is 12.3. The van der Waals surface area contributed by atoms with E-state index in [2.05, 4.69) is 46.7 Å². The topological polar surface area (TPSA) is 48.5 Å². The van der Waals surface area contributed by atoms with Crippen LogP contribution in [0.2, 0.25) is 0 Å². The van der Waals surface area contributed by atoms with Crippen molar-refractivity contribution in [3.8, 4) is 11.5 Å². The molecule has 184 valence electrons. The number of aryl methyl sites for hydroxylation is 1. The third-order valence-electron chi connectivity index (χ3n) is 7.11. The summed E-state index contributed by atoms with van der Waals surface area (Å²) in [6, 6.07) is 14.2. The number of carbonyl (C=O) groups is 1. The zero-order valence-electron chi connectivity index (χ0n) is 20.8. The second-order valence-electron chi connectivity index (χ2n) is 9.23. The minimum atomic E-state index is 0.261. The first kappa shape index (κ1) is 24.4. The molecule has 34 heavy (non-hydrogen) atoms. The molecule has 0 radical (unpaired) electrons. The molecule has 7 nitrogen and oxygen atoms in total. The number of carbonyl (C=O) groups excluding carboxylic acids is 1. The summed E-state index contributed by atoms with van der Waals surface area (Å²) >= 11 is 0. The molecule has 2 aromatic rings. The number of hydrogen-bond donors (Lipinski definition) is 0. The molecule has 2 aromatic carbocycles. The van der Waals surface area contributed by atoms with Crippen molar-refractivity contribution in [1.82, 2.24) is 14.7 Å². The van der Waals surface area contributed by atoms with Gasteiger partial charge in [-0.05, 0) is 55.3 Å². The molecule has 0 saturated carbocycles. The lowest BCUT2D eigenvalue weighted by molar-refractivity contribution is -0.133. The number of ether oxygens (including phenoxy) is 2. The van der Waals surface area contributed by atoms with Crippen LogP contribution in [0.4, 0.5) is 5.69 Å². The molecule has 2 heterocycles. The summed E-state index contributed by atoms with van der Waals surface area (Å²) in [5.41, 5.74) is 3.97. The predicted octanol–water partition coefficient (Wildman–Crippen LogP) is 2.66. The first-order valence-electron chi connectivity index (χ1n) is 12.3. The number of methoxy groups -OCH3 is 1. The van der Waals surface area contributed by atoms with Crippen LogP contribution in [-0.2, 0) is 4.79 Å². The summed E-state index contributed by atoms with van der Waals surface area (Å²) in [6.07, 6.45) is 0. The Hall–Kier alpha value is -2.77. The van der Waals surface area contributed by atoms with Gasteiger partial charge in [0.2, 0.25) is 5.91 Å². The monoisotopic (exact) mass is 466 g/mol. The van der Waals surface area contributed by atoms with Gasteiger partial charge in [-0.25, -0.2) is 0 Å². The van der Waals surface area contributed by atoms with Gasteiger partial charge in [0.15, 0.2) is 0 Å². The van der Waals surface area contributed by atoms with Gasteiger partial charge in [0, 0.05) is 64.6 Å². The lowest BCUT2D eigenvalue weighted by atomic mass is 10.1. The van der Waals surface area contributed by atoms with Crippen LogP contribution in [0.3, 0.4) is 0 Å². The molecule has 0 aliphatic carbocycles. The van der Waals surface area contributed by atoms with Crippen LogP contribution in [0.1, 0.15) is 11.1 Å². The van der Waals surface area contributed by atoms with Crippen LogP contribution in [0.5, 0.6) is 11.5 Å². The van der Waals surface area contributed by atoms with Crippen LogP contribution in [-0.4, -0.2) is 99.8 Å². The van der Waals surface area contributed by atoms with Crippen molar-refractivity contribution in [3.63, 3.8) is 0 Å². The average Bonchev–Trinajstić information content (AvgIpc) is 2.87. The fraction of sp³-hybridized carbons (Fsp3) is 0.519. The fourth-order valence-electron chi connectivity index (χ4n) is 4.70. The molecule has 0 N–H and O–H groups in total. The number of benzene rings is 2. The lowest BCUT2D eigenvalue weighted by Gasteiger charge is -2.39. The minimum Gasteiger partial charge on any atom is -0.497 e.